The number of ether oxygens (including phenoxy) is 1. The number of hydrogen-bond acceptors (Lipinski definition) is 4. The summed E-state index contributed by atoms with van der Waals surface area (Å²) in [7, 11) is 1.65. The Morgan fingerprint density at radius 2 is 2.17 bits per heavy atom. The van der Waals surface area contributed by atoms with Crippen LogP contribution in [0.2, 0.25) is 0 Å². The number of nitrogens with two attached hydrogens (primary N) is 1. The van der Waals surface area contributed by atoms with E-state index in [4.69, 9.17) is 10.5 Å². The summed E-state index contributed by atoms with van der Waals surface area (Å²) in [6.07, 6.45) is 9.34. The number of allylic oxidation sites excluding steroid dienone is 3. The maximum absolute atomic E-state index is 6.12. The van der Waals surface area contributed by atoms with E-state index in [2.05, 4.69) is 15.7 Å². The lowest BCUT2D eigenvalue weighted by Crippen LogP contribution is -1.99. The Kier molecular flexibility index (Phi) is 3.00. The summed E-state index contributed by atoms with van der Waals surface area (Å²) in [6, 6.07) is 7.78. The van der Waals surface area contributed by atoms with Gasteiger partial charge in [-0.1, -0.05) is 12.1 Å². The van der Waals surface area contributed by atoms with Crippen LogP contribution in [0.15, 0.2) is 60.7 Å². The lowest BCUT2D eigenvalue weighted by atomic mass is 10.1. The number of methoxy groups -OCH3 is 1. The second kappa shape index (κ2) is 5.16. The molecule has 1 aliphatic rings. The number of fused-ring (bicyclic) bond motifs is 1. The molecule has 0 fully saturated rings. The first kappa shape index (κ1) is 13.4. The van der Waals surface area contributed by atoms with Gasteiger partial charge in [0, 0.05) is 29.1 Å². The van der Waals surface area contributed by atoms with Gasteiger partial charge in [0.05, 0.1) is 7.11 Å². The minimum atomic E-state index is 0.440. The zero-order valence-electron chi connectivity index (χ0n) is 12.5. The van der Waals surface area contributed by atoms with Gasteiger partial charge < -0.3 is 15.0 Å². The number of aromatic nitrogens is 3. The van der Waals surface area contributed by atoms with Crippen molar-refractivity contribution in [2.24, 2.45) is 0 Å². The van der Waals surface area contributed by atoms with Gasteiger partial charge in [0.25, 0.3) is 0 Å². The Morgan fingerprint density at radius 1 is 1.26 bits per heavy atom. The first-order chi connectivity index (χ1) is 11.3. The van der Waals surface area contributed by atoms with E-state index >= 15 is 0 Å². The molecule has 23 heavy (non-hydrogen) atoms. The van der Waals surface area contributed by atoms with E-state index in [1.54, 1.807) is 7.11 Å². The molecule has 112 valence electrons. The molecule has 5 nitrogen and oxygen atoms in total. The zero-order chi connectivity index (χ0) is 15.8. The maximum atomic E-state index is 6.12. The van der Waals surface area contributed by atoms with Crippen molar-refractivity contribution in [1.82, 2.24) is 14.5 Å². The highest BCUT2D eigenvalue weighted by Crippen LogP contribution is 2.32. The van der Waals surface area contributed by atoms with Crippen molar-refractivity contribution < 1.29 is 4.74 Å². The summed E-state index contributed by atoms with van der Waals surface area (Å²) in [5.41, 5.74) is 13.8. The normalized spacial score (nSPS) is 12.8. The Balaban J connectivity index is 2.03. The summed E-state index contributed by atoms with van der Waals surface area (Å²) < 4.78 is 7.31. The monoisotopic (exact) mass is 302 g/mol. The molecule has 0 spiro atoms. The molecular formula is C18H14N4O. The van der Waals surface area contributed by atoms with Gasteiger partial charge in [0.1, 0.15) is 23.1 Å². The number of rotatable bonds is 3. The van der Waals surface area contributed by atoms with Crippen molar-refractivity contribution in [1.29, 1.82) is 0 Å². The fourth-order valence-electron chi connectivity index (χ4n) is 2.74. The van der Waals surface area contributed by atoms with Crippen molar-refractivity contribution in [3.05, 3.63) is 66.3 Å². The number of benzene rings is 1. The van der Waals surface area contributed by atoms with E-state index in [-0.39, 0.29) is 0 Å². The first-order valence-electron chi connectivity index (χ1n) is 7.17. The summed E-state index contributed by atoms with van der Waals surface area (Å²) in [6.45, 7) is 0. The van der Waals surface area contributed by atoms with Gasteiger partial charge >= 0.3 is 0 Å². The van der Waals surface area contributed by atoms with Crippen molar-refractivity contribution in [3.63, 3.8) is 0 Å². The van der Waals surface area contributed by atoms with Crippen LogP contribution in [-0.4, -0.2) is 21.6 Å². The smallest absolute Gasteiger partial charge is 0.151 e. The summed E-state index contributed by atoms with van der Waals surface area (Å²) in [4.78, 5) is 8.56. The van der Waals surface area contributed by atoms with Crippen LogP contribution in [-0.2, 0) is 0 Å². The second-order valence-corrected chi connectivity index (χ2v) is 5.15. The summed E-state index contributed by atoms with van der Waals surface area (Å²) >= 11 is 0. The molecule has 0 aliphatic heterocycles. The second-order valence-electron chi connectivity index (χ2n) is 5.15. The number of anilines is 1. The predicted octanol–water partition coefficient (Wildman–Crippen LogP) is 3.12. The van der Waals surface area contributed by atoms with Gasteiger partial charge in [-0.2, -0.15) is 0 Å². The number of nitrogen functional groups attached to an aromatic ring is 1. The molecule has 0 bridgehead atoms. The molecule has 0 unspecified atom stereocenters. The van der Waals surface area contributed by atoms with E-state index in [0.717, 1.165) is 33.6 Å². The molecule has 0 saturated carbocycles. The van der Waals surface area contributed by atoms with Crippen LogP contribution in [0.3, 0.4) is 0 Å². The topological polar surface area (TPSA) is 66.0 Å². The van der Waals surface area contributed by atoms with Crippen LogP contribution < -0.4 is 10.5 Å². The van der Waals surface area contributed by atoms with Crippen LogP contribution in [0.1, 0.15) is 5.56 Å². The SMILES string of the molecule is COc1cccc(-n2cc(C3=C=CC=C3)c3ncnc(N)c32)c1. The molecule has 4 rings (SSSR count). The molecule has 0 saturated heterocycles. The lowest BCUT2D eigenvalue weighted by Gasteiger charge is -2.08. The summed E-state index contributed by atoms with van der Waals surface area (Å²) in [5, 5.41) is 0. The Morgan fingerprint density at radius 3 is 2.96 bits per heavy atom. The van der Waals surface area contributed by atoms with Crippen molar-refractivity contribution in [2.75, 3.05) is 12.8 Å². The highest BCUT2D eigenvalue weighted by molar-refractivity contribution is 5.98. The number of nitrogens with zero attached hydrogens (tertiary/aromatic N) is 3. The van der Waals surface area contributed by atoms with Crippen LogP contribution >= 0.6 is 0 Å². The minimum absolute atomic E-state index is 0.440. The molecule has 0 amide bonds. The van der Waals surface area contributed by atoms with Crippen molar-refractivity contribution in [2.45, 2.75) is 0 Å². The average molecular weight is 302 g/mol. The van der Waals surface area contributed by atoms with Gasteiger partial charge in [-0.15, -0.1) is 5.73 Å². The molecule has 2 N–H and O–H groups in total. The van der Waals surface area contributed by atoms with Crippen LogP contribution in [0.5, 0.6) is 5.75 Å². The fourth-order valence-corrected chi connectivity index (χ4v) is 2.74. The van der Waals surface area contributed by atoms with Crippen LogP contribution in [0, 0.1) is 0 Å². The summed E-state index contributed by atoms with van der Waals surface area (Å²) in [5.74, 6) is 1.22. The van der Waals surface area contributed by atoms with Crippen molar-refractivity contribution >= 4 is 22.4 Å². The van der Waals surface area contributed by atoms with E-state index in [1.165, 1.54) is 6.33 Å². The van der Waals surface area contributed by atoms with Crippen molar-refractivity contribution in [3.8, 4) is 11.4 Å². The molecule has 0 radical (unpaired) electrons. The average Bonchev–Trinajstić information content (AvgIpc) is 3.23. The van der Waals surface area contributed by atoms with Gasteiger partial charge in [-0.3, -0.25) is 0 Å². The van der Waals surface area contributed by atoms with E-state index < -0.39 is 0 Å². The third-order valence-electron chi connectivity index (χ3n) is 3.82. The largest absolute Gasteiger partial charge is 0.497 e. The molecule has 1 aliphatic carbocycles. The van der Waals surface area contributed by atoms with E-state index in [9.17, 15) is 0 Å². The van der Waals surface area contributed by atoms with Crippen LogP contribution in [0.4, 0.5) is 5.82 Å². The Labute approximate surface area is 133 Å². The third kappa shape index (κ3) is 2.11. The molecule has 2 heterocycles. The highest BCUT2D eigenvalue weighted by Gasteiger charge is 2.17. The Bertz CT molecular complexity index is 1010. The Hall–Kier alpha value is -3.30. The zero-order valence-corrected chi connectivity index (χ0v) is 12.5. The third-order valence-corrected chi connectivity index (χ3v) is 3.82. The van der Waals surface area contributed by atoms with Gasteiger partial charge in [0.2, 0.25) is 0 Å². The van der Waals surface area contributed by atoms with Gasteiger partial charge in [0.15, 0.2) is 5.82 Å². The fraction of sp³-hybridized carbons (Fsp3) is 0.0556. The quantitative estimate of drug-likeness (QED) is 0.755. The predicted molar refractivity (Wildman–Crippen MR) is 90.5 cm³/mol. The maximum Gasteiger partial charge on any atom is 0.151 e. The standard InChI is InChI=1S/C18H14N4O/c1-23-14-8-4-7-13(9-14)22-10-15(12-5-2-3-6-12)16-17(22)18(19)21-11-20-16/h2-5,7-11H,1H3,(H2,19,20,21). The molecule has 5 heteroatoms. The van der Waals surface area contributed by atoms with Crippen LogP contribution in [0.25, 0.3) is 22.3 Å². The molecule has 1 aromatic carbocycles. The van der Waals surface area contributed by atoms with E-state index in [0.29, 0.717) is 5.82 Å². The van der Waals surface area contributed by atoms with Gasteiger partial charge in [-0.05, 0) is 24.3 Å². The number of hydrogen-bond donors (Lipinski definition) is 1. The molecule has 3 aromatic rings. The molecule has 0 atom stereocenters. The molecular weight excluding hydrogens is 288 g/mol. The van der Waals surface area contributed by atoms with E-state index in [1.807, 2.05) is 53.3 Å². The highest BCUT2D eigenvalue weighted by atomic mass is 16.5. The minimum Gasteiger partial charge on any atom is -0.497 e. The lowest BCUT2D eigenvalue weighted by molar-refractivity contribution is 0.414. The first-order valence-corrected chi connectivity index (χ1v) is 7.17. The molecule has 2 aromatic heterocycles. The van der Waals surface area contributed by atoms with Gasteiger partial charge in [-0.25, -0.2) is 9.97 Å².